The number of hydrogen-bond donors (Lipinski definition) is 2. The molecule has 150 valence electrons. The molecular formula is C18H35IN6S. The number of anilines is 1. The molecular weight excluding hydrogens is 459 g/mol. The number of hydrogen-bond acceptors (Lipinski definition) is 5. The fourth-order valence-corrected chi connectivity index (χ4v) is 3.69. The zero-order valence-corrected chi connectivity index (χ0v) is 19.6. The van der Waals surface area contributed by atoms with Crippen LogP contribution in [0.15, 0.2) is 10.4 Å². The van der Waals surface area contributed by atoms with Crippen LogP contribution in [0.5, 0.6) is 0 Å². The summed E-state index contributed by atoms with van der Waals surface area (Å²) in [6.07, 6.45) is 6.68. The Morgan fingerprint density at radius 1 is 1.23 bits per heavy atom. The maximum atomic E-state index is 4.66. The Kier molecular flexibility index (Phi) is 12.2. The molecule has 0 radical (unpaired) electrons. The van der Waals surface area contributed by atoms with Crippen LogP contribution in [0.3, 0.4) is 0 Å². The number of halogens is 1. The van der Waals surface area contributed by atoms with E-state index in [1.54, 1.807) is 11.3 Å². The molecule has 2 N–H and O–H groups in total. The second-order valence-corrected chi connectivity index (χ2v) is 7.58. The normalized spacial score (nSPS) is 15.9. The van der Waals surface area contributed by atoms with Gasteiger partial charge in [0.05, 0.1) is 12.2 Å². The molecule has 0 spiro atoms. The number of nitrogens with one attached hydrogen (secondary N) is 2. The van der Waals surface area contributed by atoms with Gasteiger partial charge in [-0.2, -0.15) is 0 Å². The van der Waals surface area contributed by atoms with E-state index in [9.17, 15) is 0 Å². The highest BCUT2D eigenvalue weighted by Crippen LogP contribution is 2.18. The summed E-state index contributed by atoms with van der Waals surface area (Å²) in [6.45, 7) is 8.27. The first-order valence-corrected chi connectivity index (χ1v) is 10.4. The quantitative estimate of drug-likeness (QED) is 0.252. The molecule has 0 aliphatic carbocycles. The molecule has 0 amide bonds. The van der Waals surface area contributed by atoms with Gasteiger partial charge in [0.1, 0.15) is 0 Å². The van der Waals surface area contributed by atoms with Crippen molar-refractivity contribution < 1.29 is 0 Å². The summed E-state index contributed by atoms with van der Waals surface area (Å²) >= 11 is 1.66. The lowest BCUT2D eigenvalue weighted by atomic mass is 10.2. The fourth-order valence-electron chi connectivity index (χ4n) is 2.95. The van der Waals surface area contributed by atoms with Crippen molar-refractivity contribution in [3.63, 3.8) is 0 Å². The number of aromatic nitrogens is 1. The van der Waals surface area contributed by atoms with Crippen LogP contribution >= 0.6 is 35.3 Å². The van der Waals surface area contributed by atoms with Crippen molar-refractivity contribution in [2.24, 2.45) is 4.99 Å². The minimum Gasteiger partial charge on any atom is -0.357 e. The highest BCUT2D eigenvalue weighted by Gasteiger charge is 2.08. The molecule has 1 aliphatic heterocycles. The molecule has 0 atom stereocenters. The summed E-state index contributed by atoms with van der Waals surface area (Å²) in [5.41, 5.74) is 1.02. The monoisotopic (exact) mass is 494 g/mol. The van der Waals surface area contributed by atoms with Gasteiger partial charge in [0.2, 0.25) is 0 Å². The first-order valence-electron chi connectivity index (χ1n) is 9.55. The molecule has 0 unspecified atom stereocenters. The largest absolute Gasteiger partial charge is 0.357 e. The number of aliphatic imine (C=N–C) groups is 1. The van der Waals surface area contributed by atoms with Crippen molar-refractivity contribution in [1.82, 2.24) is 20.5 Å². The van der Waals surface area contributed by atoms with Gasteiger partial charge in [-0.1, -0.05) is 12.8 Å². The van der Waals surface area contributed by atoms with Crippen molar-refractivity contribution in [3.05, 3.63) is 11.1 Å². The predicted octanol–water partition coefficient (Wildman–Crippen LogP) is 3.15. The van der Waals surface area contributed by atoms with Gasteiger partial charge in [0.25, 0.3) is 0 Å². The average Bonchev–Trinajstić information content (AvgIpc) is 2.93. The van der Waals surface area contributed by atoms with Crippen LogP contribution in [-0.2, 0) is 6.54 Å². The van der Waals surface area contributed by atoms with Gasteiger partial charge in [0, 0.05) is 32.6 Å². The van der Waals surface area contributed by atoms with Crippen molar-refractivity contribution in [2.75, 3.05) is 51.7 Å². The Morgan fingerprint density at radius 3 is 2.58 bits per heavy atom. The average molecular weight is 494 g/mol. The first-order chi connectivity index (χ1) is 12.2. The maximum Gasteiger partial charge on any atom is 0.191 e. The molecule has 2 rings (SSSR count). The maximum absolute atomic E-state index is 4.66. The summed E-state index contributed by atoms with van der Waals surface area (Å²) in [7, 11) is 4.03. The van der Waals surface area contributed by atoms with E-state index in [1.807, 2.05) is 19.0 Å². The third kappa shape index (κ3) is 8.85. The molecule has 1 saturated heterocycles. The van der Waals surface area contributed by atoms with E-state index in [4.69, 9.17) is 0 Å². The topological polar surface area (TPSA) is 55.8 Å². The Labute approximate surface area is 179 Å². The van der Waals surface area contributed by atoms with E-state index in [2.05, 4.69) is 37.8 Å². The standard InChI is InChI=1S/C18H34N6S.HI/c1-4-19-17(21-14-16-15-25-18(22-16)23(2)3)20-10-9-13-24-11-7-5-6-8-12-24;/h15H,4-14H2,1-3H3,(H2,19,20,21);1H. The van der Waals surface area contributed by atoms with E-state index < -0.39 is 0 Å². The van der Waals surface area contributed by atoms with E-state index in [-0.39, 0.29) is 24.0 Å². The molecule has 6 nitrogen and oxygen atoms in total. The van der Waals surface area contributed by atoms with Crippen molar-refractivity contribution >= 4 is 46.4 Å². The smallest absolute Gasteiger partial charge is 0.191 e. The van der Waals surface area contributed by atoms with Crippen LogP contribution in [0.2, 0.25) is 0 Å². The van der Waals surface area contributed by atoms with Gasteiger partial charge in [-0.3, -0.25) is 0 Å². The number of guanidine groups is 1. The Bertz CT molecular complexity index is 512. The summed E-state index contributed by atoms with van der Waals surface area (Å²) in [5, 5.41) is 9.89. The molecule has 1 fully saturated rings. The predicted molar refractivity (Wildman–Crippen MR) is 124 cm³/mol. The van der Waals surface area contributed by atoms with E-state index in [0.717, 1.165) is 36.3 Å². The number of nitrogens with zero attached hydrogens (tertiary/aromatic N) is 4. The molecule has 8 heteroatoms. The zero-order valence-electron chi connectivity index (χ0n) is 16.5. The van der Waals surface area contributed by atoms with Crippen LogP contribution in [0.1, 0.15) is 44.7 Å². The minimum atomic E-state index is 0. The summed E-state index contributed by atoms with van der Waals surface area (Å²) in [4.78, 5) is 13.9. The summed E-state index contributed by atoms with van der Waals surface area (Å²) < 4.78 is 0. The third-order valence-electron chi connectivity index (χ3n) is 4.31. The fraction of sp³-hybridized carbons (Fsp3) is 0.778. The van der Waals surface area contributed by atoms with Crippen LogP contribution < -0.4 is 15.5 Å². The van der Waals surface area contributed by atoms with Gasteiger partial charge in [-0.05, 0) is 45.8 Å². The van der Waals surface area contributed by atoms with E-state index in [1.165, 1.54) is 45.3 Å². The van der Waals surface area contributed by atoms with Gasteiger partial charge in [-0.25, -0.2) is 9.98 Å². The Balaban J connectivity index is 0.00000338. The number of thiazole rings is 1. The summed E-state index contributed by atoms with van der Waals surface area (Å²) in [5.74, 6) is 0.887. The van der Waals surface area contributed by atoms with Gasteiger partial charge < -0.3 is 20.4 Å². The molecule has 1 aromatic rings. The lowest BCUT2D eigenvalue weighted by Gasteiger charge is -2.20. The SMILES string of the molecule is CCNC(=NCc1csc(N(C)C)n1)NCCCN1CCCCCC1.I. The minimum absolute atomic E-state index is 0. The number of rotatable bonds is 8. The van der Waals surface area contributed by atoms with Crippen molar-refractivity contribution in [1.29, 1.82) is 0 Å². The number of likely N-dealkylation sites (tertiary alicyclic amines) is 1. The molecule has 0 bridgehead atoms. The van der Waals surface area contributed by atoms with Crippen LogP contribution in [0.4, 0.5) is 5.13 Å². The second-order valence-electron chi connectivity index (χ2n) is 6.75. The lowest BCUT2D eigenvalue weighted by molar-refractivity contribution is 0.282. The Morgan fingerprint density at radius 2 is 1.96 bits per heavy atom. The second kappa shape index (κ2) is 13.5. The summed E-state index contributed by atoms with van der Waals surface area (Å²) in [6, 6.07) is 0. The van der Waals surface area contributed by atoms with Crippen LogP contribution in [0.25, 0.3) is 0 Å². The van der Waals surface area contributed by atoms with Crippen LogP contribution in [0, 0.1) is 0 Å². The van der Waals surface area contributed by atoms with Crippen molar-refractivity contribution in [3.8, 4) is 0 Å². The molecule has 0 aromatic carbocycles. The van der Waals surface area contributed by atoms with Crippen molar-refractivity contribution in [2.45, 2.75) is 45.6 Å². The highest BCUT2D eigenvalue weighted by molar-refractivity contribution is 14.0. The molecule has 1 aromatic heterocycles. The first kappa shape index (κ1) is 23.4. The molecule has 1 aliphatic rings. The van der Waals surface area contributed by atoms with Gasteiger partial charge in [0.15, 0.2) is 11.1 Å². The Hall–Kier alpha value is -0.610. The molecule has 0 saturated carbocycles. The molecule has 26 heavy (non-hydrogen) atoms. The third-order valence-corrected chi connectivity index (χ3v) is 5.37. The lowest BCUT2D eigenvalue weighted by Crippen LogP contribution is -2.39. The molecule has 2 heterocycles. The van der Waals surface area contributed by atoms with E-state index in [0.29, 0.717) is 6.54 Å². The van der Waals surface area contributed by atoms with Gasteiger partial charge >= 0.3 is 0 Å². The van der Waals surface area contributed by atoms with E-state index >= 15 is 0 Å². The van der Waals surface area contributed by atoms with Crippen LogP contribution in [-0.4, -0.2) is 62.7 Å². The highest BCUT2D eigenvalue weighted by atomic mass is 127. The zero-order chi connectivity index (χ0) is 17.9. The van der Waals surface area contributed by atoms with Gasteiger partial charge in [-0.15, -0.1) is 35.3 Å².